The van der Waals surface area contributed by atoms with Crippen molar-refractivity contribution in [2.24, 2.45) is 0 Å². The van der Waals surface area contributed by atoms with Gasteiger partial charge in [0.2, 0.25) is 0 Å². The van der Waals surface area contributed by atoms with E-state index in [1.54, 1.807) is 0 Å². The van der Waals surface area contributed by atoms with Crippen LogP contribution in [0.15, 0.2) is 18.2 Å². The van der Waals surface area contributed by atoms with Crippen molar-refractivity contribution >= 4 is 5.91 Å². The first-order chi connectivity index (χ1) is 10.0. The predicted molar refractivity (Wildman–Crippen MR) is 86.2 cm³/mol. The molecule has 0 aliphatic carbocycles. The van der Waals surface area contributed by atoms with Crippen molar-refractivity contribution < 1.29 is 9.90 Å². The number of carbonyl (C=O) groups is 1. The molecule has 114 valence electrons. The molecule has 0 radical (unpaired) electrons. The van der Waals surface area contributed by atoms with Crippen LogP contribution in [0.25, 0.3) is 0 Å². The summed E-state index contributed by atoms with van der Waals surface area (Å²) >= 11 is 0. The van der Waals surface area contributed by atoms with Crippen molar-refractivity contribution in [3.05, 3.63) is 34.9 Å². The second-order valence-electron chi connectivity index (χ2n) is 5.35. The molecule has 0 saturated carbocycles. The Morgan fingerprint density at radius 2 is 2.10 bits per heavy atom. The Labute approximate surface area is 128 Å². The van der Waals surface area contributed by atoms with Gasteiger partial charge in [0.1, 0.15) is 0 Å². The zero-order valence-electron chi connectivity index (χ0n) is 13.4. The van der Waals surface area contributed by atoms with Gasteiger partial charge in [-0.3, -0.25) is 4.79 Å². The van der Waals surface area contributed by atoms with Gasteiger partial charge in [0, 0.05) is 30.1 Å². The molecule has 0 aliphatic heterocycles. The Morgan fingerprint density at radius 3 is 2.67 bits per heavy atom. The summed E-state index contributed by atoms with van der Waals surface area (Å²) in [4.78, 5) is 14.6. The molecular weight excluding hydrogens is 262 g/mol. The van der Waals surface area contributed by atoms with Crippen LogP contribution >= 0.6 is 0 Å². The summed E-state index contributed by atoms with van der Waals surface area (Å²) in [6.45, 7) is 8.90. The smallest absolute Gasteiger partial charge is 0.254 e. The Kier molecular flexibility index (Phi) is 6.98. The molecule has 0 fully saturated rings. The van der Waals surface area contributed by atoms with Gasteiger partial charge in [-0.25, -0.2) is 0 Å². The molecule has 21 heavy (non-hydrogen) atoms. The number of carbonyl (C=O) groups excluding carboxylic acids is 1. The lowest BCUT2D eigenvalue weighted by atomic mass is 10.0. The van der Waals surface area contributed by atoms with E-state index in [9.17, 15) is 4.79 Å². The SMILES string of the molecule is CCCN(C(=O)c1cccc(C#CCCO)c1C)C(C)C. The van der Waals surface area contributed by atoms with Crippen LogP contribution in [-0.4, -0.2) is 35.1 Å². The van der Waals surface area contributed by atoms with Gasteiger partial charge in [-0.15, -0.1) is 0 Å². The Hall–Kier alpha value is -1.79. The topological polar surface area (TPSA) is 40.5 Å². The van der Waals surface area contributed by atoms with E-state index in [1.807, 2.05) is 43.9 Å². The first kappa shape index (κ1) is 17.3. The minimum absolute atomic E-state index is 0.0578. The zero-order valence-corrected chi connectivity index (χ0v) is 13.4. The molecule has 0 aromatic heterocycles. The number of hydrogen-bond acceptors (Lipinski definition) is 2. The fourth-order valence-electron chi connectivity index (χ4n) is 2.21. The van der Waals surface area contributed by atoms with Crippen molar-refractivity contribution in [3.8, 4) is 11.8 Å². The fraction of sp³-hybridized carbons (Fsp3) is 0.500. The highest BCUT2D eigenvalue weighted by Crippen LogP contribution is 2.17. The summed E-state index contributed by atoms with van der Waals surface area (Å²) in [7, 11) is 0. The molecule has 0 spiro atoms. The lowest BCUT2D eigenvalue weighted by Gasteiger charge is -2.27. The van der Waals surface area contributed by atoms with Gasteiger partial charge in [0.25, 0.3) is 5.91 Å². The molecule has 3 nitrogen and oxygen atoms in total. The number of aliphatic hydroxyl groups is 1. The van der Waals surface area contributed by atoms with Crippen molar-refractivity contribution in [2.45, 2.75) is 46.6 Å². The molecule has 1 N–H and O–H groups in total. The van der Waals surface area contributed by atoms with Crippen LogP contribution in [0.5, 0.6) is 0 Å². The molecule has 0 unspecified atom stereocenters. The monoisotopic (exact) mass is 287 g/mol. The molecule has 0 bridgehead atoms. The quantitative estimate of drug-likeness (QED) is 0.846. The second kappa shape index (κ2) is 8.49. The average Bonchev–Trinajstić information content (AvgIpc) is 2.46. The molecule has 1 amide bonds. The third-order valence-corrected chi connectivity index (χ3v) is 3.37. The maximum Gasteiger partial charge on any atom is 0.254 e. The predicted octanol–water partition coefficient (Wildman–Crippen LogP) is 2.99. The standard InChI is InChI=1S/C18H25NO2/c1-5-12-19(14(2)3)18(21)17-11-8-10-16(15(17)4)9-6-7-13-20/h8,10-11,14,20H,5,7,12-13H2,1-4H3. The number of hydrogen-bond donors (Lipinski definition) is 1. The third-order valence-electron chi connectivity index (χ3n) is 3.37. The van der Waals surface area contributed by atoms with Gasteiger partial charge >= 0.3 is 0 Å². The van der Waals surface area contributed by atoms with Gasteiger partial charge in [-0.2, -0.15) is 0 Å². The number of aliphatic hydroxyl groups excluding tert-OH is 1. The first-order valence-electron chi connectivity index (χ1n) is 7.53. The second-order valence-corrected chi connectivity index (χ2v) is 5.35. The van der Waals surface area contributed by atoms with E-state index in [0.29, 0.717) is 12.0 Å². The molecule has 0 aliphatic rings. The molecule has 1 rings (SSSR count). The van der Waals surface area contributed by atoms with E-state index in [0.717, 1.165) is 24.1 Å². The largest absolute Gasteiger partial charge is 0.395 e. The summed E-state index contributed by atoms with van der Waals surface area (Å²) in [5.74, 6) is 6.00. The van der Waals surface area contributed by atoms with Crippen LogP contribution in [0, 0.1) is 18.8 Å². The highest BCUT2D eigenvalue weighted by Gasteiger charge is 2.20. The van der Waals surface area contributed by atoms with E-state index in [2.05, 4.69) is 18.8 Å². The zero-order chi connectivity index (χ0) is 15.8. The van der Waals surface area contributed by atoms with Gasteiger partial charge < -0.3 is 10.0 Å². The minimum atomic E-state index is 0.0578. The van der Waals surface area contributed by atoms with E-state index in [1.165, 1.54) is 0 Å². The van der Waals surface area contributed by atoms with Crippen LogP contribution in [0.4, 0.5) is 0 Å². The Bertz CT molecular complexity index is 538. The molecule has 1 aromatic rings. The minimum Gasteiger partial charge on any atom is -0.395 e. The van der Waals surface area contributed by atoms with Crippen LogP contribution in [0.2, 0.25) is 0 Å². The lowest BCUT2D eigenvalue weighted by Crippen LogP contribution is -2.37. The lowest BCUT2D eigenvalue weighted by molar-refractivity contribution is 0.0705. The van der Waals surface area contributed by atoms with Gasteiger partial charge in [0.15, 0.2) is 0 Å². The summed E-state index contributed by atoms with van der Waals surface area (Å²) in [6.07, 6.45) is 1.39. The van der Waals surface area contributed by atoms with Crippen molar-refractivity contribution in [1.82, 2.24) is 4.90 Å². The van der Waals surface area contributed by atoms with Gasteiger partial charge in [-0.1, -0.05) is 24.8 Å². The molecule has 0 heterocycles. The molecule has 1 aromatic carbocycles. The highest BCUT2D eigenvalue weighted by atomic mass is 16.2. The third kappa shape index (κ3) is 4.61. The average molecular weight is 287 g/mol. The summed E-state index contributed by atoms with van der Waals surface area (Å²) in [5, 5.41) is 8.79. The van der Waals surface area contributed by atoms with E-state index < -0.39 is 0 Å². The number of amides is 1. The van der Waals surface area contributed by atoms with Gasteiger partial charge in [-0.05, 0) is 44.9 Å². The number of rotatable bonds is 5. The van der Waals surface area contributed by atoms with Crippen LogP contribution in [-0.2, 0) is 0 Å². The first-order valence-corrected chi connectivity index (χ1v) is 7.53. The maximum absolute atomic E-state index is 12.7. The molecule has 0 atom stereocenters. The summed E-state index contributed by atoms with van der Waals surface area (Å²) in [5.41, 5.74) is 2.48. The normalized spacial score (nSPS) is 10.2. The van der Waals surface area contributed by atoms with Crippen molar-refractivity contribution in [1.29, 1.82) is 0 Å². The molecule has 3 heteroatoms. The number of nitrogens with zero attached hydrogens (tertiary/aromatic N) is 1. The maximum atomic E-state index is 12.7. The fourth-order valence-corrected chi connectivity index (χ4v) is 2.21. The summed E-state index contributed by atoms with van der Waals surface area (Å²) in [6, 6.07) is 5.82. The van der Waals surface area contributed by atoms with Crippen LogP contribution < -0.4 is 0 Å². The molecule has 0 saturated heterocycles. The Morgan fingerprint density at radius 1 is 1.38 bits per heavy atom. The van der Waals surface area contributed by atoms with Crippen LogP contribution in [0.1, 0.15) is 55.1 Å². The van der Waals surface area contributed by atoms with Crippen LogP contribution in [0.3, 0.4) is 0 Å². The summed E-state index contributed by atoms with van der Waals surface area (Å²) < 4.78 is 0. The Balaban J connectivity index is 3.11. The van der Waals surface area contributed by atoms with E-state index >= 15 is 0 Å². The van der Waals surface area contributed by atoms with E-state index in [-0.39, 0.29) is 18.6 Å². The number of benzene rings is 1. The highest BCUT2D eigenvalue weighted by molar-refractivity contribution is 5.96. The van der Waals surface area contributed by atoms with Crippen molar-refractivity contribution in [2.75, 3.05) is 13.2 Å². The molecular formula is C18H25NO2. The van der Waals surface area contributed by atoms with Gasteiger partial charge in [0.05, 0.1) is 6.61 Å². The van der Waals surface area contributed by atoms with Crippen molar-refractivity contribution in [3.63, 3.8) is 0 Å². The van der Waals surface area contributed by atoms with E-state index in [4.69, 9.17) is 5.11 Å².